The van der Waals surface area contributed by atoms with Gasteiger partial charge < -0.3 is 14.3 Å². The topological polar surface area (TPSA) is 94.0 Å². The molecule has 2 N–H and O–H groups in total. The van der Waals surface area contributed by atoms with Crippen molar-refractivity contribution in [1.82, 2.24) is 25.2 Å². The van der Waals surface area contributed by atoms with Crippen molar-refractivity contribution in [3.63, 3.8) is 0 Å². The Morgan fingerprint density at radius 2 is 1.90 bits per heavy atom. The first-order valence-corrected chi connectivity index (χ1v) is 13.5. The number of tetrazole rings is 1. The minimum absolute atomic E-state index is 0.172. The Morgan fingerprint density at radius 1 is 1.10 bits per heavy atom. The Hall–Kier alpha value is -4.11. The minimum atomic E-state index is -0.496. The van der Waals surface area contributed by atoms with E-state index in [-0.39, 0.29) is 17.4 Å². The molecular formula is C30H32FN6O2+. The molecule has 3 aromatic heterocycles. The van der Waals surface area contributed by atoms with Gasteiger partial charge in [-0.2, -0.15) is 0 Å². The third-order valence-corrected chi connectivity index (χ3v) is 7.83. The molecule has 0 spiro atoms. The van der Waals surface area contributed by atoms with Gasteiger partial charge in [-0.3, -0.25) is 4.79 Å². The van der Waals surface area contributed by atoms with E-state index in [1.165, 1.54) is 12.1 Å². The molecule has 2 unspecified atom stereocenters. The van der Waals surface area contributed by atoms with Crippen LogP contribution in [0.5, 0.6) is 0 Å². The van der Waals surface area contributed by atoms with Crippen LogP contribution in [0, 0.1) is 19.7 Å². The molecule has 8 nitrogen and oxygen atoms in total. The number of aromatic nitrogens is 5. The molecule has 1 aliphatic rings. The Bertz CT molecular complexity index is 1630. The fourth-order valence-corrected chi connectivity index (χ4v) is 6.01. The van der Waals surface area contributed by atoms with Crippen molar-refractivity contribution in [2.75, 3.05) is 0 Å². The number of benzene rings is 2. The van der Waals surface area contributed by atoms with E-state index in [4.69, 9.17) is 4.42 Å². The zero-order valence-corrected chi connectivity index (χ0v) is 22.2. The minimum Gasteiger partial charge on any atom is -0.463 e. The zero-order chi connectivity index (χ0) is 26.9. The molecule has 1 saturated carbocycles. The summed E-state index contributed by atoms with van der Waals surface area (Å²) in [7, 11) is 0. The molecule has 6 rings (SSSR count). The highest BCUT2D eigenvalue weighted by molar-refractivity contribution is 5.83. The van der Waals surface area contributed by atoms with Crippen LogP contribution in [0.15, 0.2) is 70.1 Å². The maximum Gasteiger partial charge on any atom is 0.258 e. The molecule has 1 fully saturated rings. The summed E-state index contributed by atoms with van der Waals surface area (Å²) in [5.41, 5.74) is 4.34. The fourth-order valence-electron chi connectivity index (χ4n) is 6.01. The summed E-state index contributed by atoms with van der Waals surface area (Å²) in [5.74, 6) is 1.14. The second-order valence-corrected chi connectivity index (χ2v) is 10.7. The molecule has 1 aliphatic carbocycles. The fraction of sp³-hybridized carbons (Fsp3) is 0.333. The molecule has 0 radical (unpaired) electrons. The maximum absolute atomic E-state index is 13.8. The normalized spacial score (nSPS) is 15.7. The SMILES string of the molecule is Cc1cc(C)c2cc(C(c3nnnn3C3CCCC3)[NH+](Cc3ccc(F)cc3)Cc3ccco3)c(=O)[nH]c2c1. The summed E-state index contributed by atoms with van der Waals surface area (Å²) in [6.07, 6.45) is 5.91. The van der Waals surface area contributed by atoms with E-state index in [0.717, 1.165) is 63.9 Å². The lowest BCUT2D eigenvalue weighted by atomic mass is 9.99. The predicted molar refractivity (Wildman–Crippen MR) is 145 cm³/mol. The van der Waals surface area contributed by atoms with Crippen LogP contribution in [0.3, 0.4) is 0 Å². The highest BCUT2D eigenvalue weighted by atomic mass is 19.1. The van der Waals surface area contributed by atoms with Crippen molar-refractivity contribution in [3.8, 4) is 0 Å². The van der Waals surface area contributed by atoms with E-state index in [0.29, 0.717) is 24.5 Å². The average Bonchev–Trinajstić information content (AvgIpc) is 3.69. The highest BCUT2D eigenvalue weighted by Gasteiger charge is 2.37. The molecule has 2 atom stereocenters. The summed E-state index contributed by atoms with van der Waals surface area (Å²) >= 11 is 0. The number of hydrogen-bond acceptors (Lipinski definition) is 5. The molecule has 0 saturated heterocycles. The lowest BCUT2D eigenvalue weighted by Crippen LogP contribution is -3.10. The van der Waals surface area contributed by atoms with E-state index >= 15 is 0 Å². The molecule has 2 aromatic carbocycles. The summed E-state index contributed by atoms with van der Waals surface area (Å²) in [6.45, 7) is 5.07. The van der Waals surface area contributed by atoms with Gasteiger partial charge in [0, 0.05) is 16.5 Å². The third-order valence-electron chi connectivity index (χ3n) is 7.83. The van der Waals surface area contributed by atoms with Gasteiger partial charge in [0.05, 0.1) is 17.9 Å². The van der Waals surface area contributed by atoms with Crippen molar-refractivity contribution in [2.24, 2.45) is 0 Å². The number of hydrogen-bond donors (Lipinski definition) is 2. The van der Waals surface area contributed by atoms with E-state index in [9.17, 15) is 9.18 Å². The number of aromatic amines is 1. The van der Waals surface area contributed by atoms with Crippen molar-refractivity contribution < 1.29 is 13.7 Å². The average molecular weight is 528 g/mol. The molecular weight excluding hydrogens is 495 g/mol. The van der Waals surface area contributed by atoms with Gasteiger partial charge in [-0.25, -0.2) is 9.07 Å². The van der Waals surface area contributed by atoms with Crippen LogP contribution in [0.1, 0.15) is 71.6 Å². The second kappa shape index (κ2) is 10.6. The van der Waals surface area contributed by atoms with Crippen LogP contribution in [0.2, 0.25) is 0 Å². The number of aryl methyl sites for hydroxylation is 2. The van der Waals surface area contributed by atoms with Crippen LogP contribution in [0.4, 0.5) is 4.39 Å². The van der Waals surface area contributed by atoms with Gasteiger partial charge in [-0.1, -0.05) is 31.0 Å². The van der Waals surface area contributed by atoms with Gasteiger partial charge >= 0.3 is 0 Å². The van der Waals surface area contributed by atoms with Crippen molar-refractivity contribution in [2.45, 2.75) is 64.7 Å². The van der Waals surface area contributed by atoms with Gasteiger partial charge in [0.15, 0.2) is 11.8 Å². The molecule has 3 heterocycles. The Morgan fingerprint density at radius 3 is 2.64 bits per heavy atom. The van der Waals surface area contributed by atoms with Crippen LogP contribution in [0.25, 0.3) is 10.9 Å². The molecule has 0 bridgehead atoms. The van der Waals surface area contributed by atoms with Gasteiger partial charge in [-0.05, 0) is 84.6 Å². The number of nitrogens with zero attached hydrogens (tertiary/aromatic N) is 4. The van der Waals surface area contributed by atoms with Gasteiger partial charge in [-0.15, -0.1) is 5.10 Å². The molecule has 5 aromatic rings. The first kappa shape index (κ1) is 25.2. The van der Waals surface area contributed by atoms with Crippen molar-refractivity contribution in [1.29, 1.82) is 0 Å². The first-order chi connectivity index (χ1) is 19.0. The van der Waals surface area contributed by atoms with E-state index < -0.39 is 6.04 Å². The number of furan rings is 1. The summed E-state index contributed by atoms with van der Waals surface area (Å²) in [6, 6.07) is 16.1. The number of pyridine rings is 1. The zero-order valence-electron chi connectivity index (χ0n) is 22.2. The number of rotatable bonds is 8. The van der Waals surface area contributed by atoms with E-state index in [2.05, 4.69) is 33.5 Å². The Labute approximate surface area is 225 Å². The standard InChI is InChI=1S/C30H31FN6O2/c1-19-14-20(2)25-16-26(30(38)32-27(25)15-19)28(29-33-34-35-37(29)23-6-3-4-7-23)36(18-24-8-5-13-39-24)17-21-9-11-22(31)12-10-21/h5,8-16,23,28H,3-4,6-7,17-18H2,1-2H3,(H,32,38)/p+1. The third kappa shape index (κ3) is 5.14. The van der Waals surface area contributed by atoms with Crippen LogP contribution >= 0.6 is 0 Å². The number of nitrogens with one attached hydrogen (secondary N) is 2. The van der Waals surface area contributed by atoms with Gasteiger partial charge in [0.25, 0.3) is 5.56 Å². The van der Waals surface area contributed by atoms with E-state index in [1.54, 1.807) is 18.4 Å². The monoisotopic (exact) mass is 527 g/mol. The predicted octanol–water partition coefficient (Wildman–Crippen LogP) is 4.35. The largest absolute Gasteiger partial charge is 0.463 e. The number of quaternary nitrogens is 1. The smallest absolute Gasteiger partial charge is 0.258 e. The summed E-state index contributed by atoms with van der Waals surface area (Å²) < 4.78 is 21.5. The molecule has 9 heteroatoms. The van der Waals surface area contributed by atoms with Crippen LogP contribution in [-0.2, 0) is 13.1 Å². The van der Waals surface area contributed by atoms with Crippen LogP contribution < -0.4 is 10.5 Å². The quantitative estimate of drug-likeness (QED) is 0.313. The van der Waals surface area contributed by atoms with Crippen LogP contribution in [-0.4, -0.2) is 25.2 Å². The molecule has 0 aliphatic heterocycles. The summed E-state index contributed by atoms with van der Waals surface area (Å²) in [4.78, 5) is 17.9. The lowest BCUT2D eigenvalue weighted by molar-refractivity contribution is -0.954. The number of halogens is 1. The molecule has 39 heavy (non-hydrogen) atoms. The number of H-pyrrole nitrogens is 1. The highest BCUT2D eigenvalue weighted by Crippen LogP contribution is 2.31. The lowest BCUT2D eigenvalue weighted by Gasteiger charge is -2.28. The van der Waals surface area contributed by atoms with Gasteiger partial charge in [0.1, 0.15) is 18.9 Å². The van der Waals surface area contributed by atoms with Crippen molar-refractivity contribution in [3.05, 3.63) is 111 Å². The Balaban J connectivity index is 1.54. The molecule has 0 amide bonds. The second-order valence-electron chi connectivity index (χ2n) is 10.7. The van der Waals surface area contributed by atoms with Gasteiger partial charge in [0.2, 0.25) is 5.82 Å². The van der Waals surface area contributed by atoms with E-state index in [1.807, 2.05) is 35.9 Å². The van der Waals surface area contributed by atoms with Crippen molar-refractivity contribution >= 4 is 10.9 Å². The molecule has 200 valence electrons. The Kier molecular flexibility index (Phi) is 6.83. The first-order valence-electron chi connectivity index (χ1n) is 13.5. The summed E-state index contributed by atoms with van der Waals surface area (Å²) in [5, 5.41) is 14.0. The maximum atomic E-state index is 13.8. The number of fused-ring (bicyclic) bond motifs is 1.